The van der Waals surface area contributed by atoms with Crippen molar-refractivity contribution in [1.82, 2.24) is 10.4 Å². The van der Waals surface area contributed by atoms with Gasteiger partial charge in [-0.25, -0.2) is 19.0 Å². The van der Waals surface area contributed by atoms with Crippen LogP contribution < -0.4 is 10.6 Å². The van der Waals surface area contributed by atoms with Crippen molar-refractivity contribution in [3.8, 4) is 0 Å². The topological polar surface area (TPSA) is 115 Å². The van der Waals surface area contributed by atoms with Crippen LogP contribution in [0.2, 0.25) is 0 Å². The smallest absolute Gasteiger partial charge is 0.267 e. The summed E-state index contributed by atoms with van der Waals surface area (Å²) < 4.78 is 22.8. The van der Waals surface area contributed by atoms with E-state index in [-0.39, 0.29) is 10.5 Å². The summed E-state index contributed by atoms with van der Waals surface area (Å²) in [7, 11) is -3.98. The summed E-state index contributed by atoms with van der Waals surface area (Å²) in [6, 6.07) is 10.8. The third-order valence-corrected chi connectivity index (χ3v) is 3.46. The average molecular weight is 304 g/mol. The van der Waals surface area contributed by atoms with Crippen molar-refractivity contribution in [1.29, 1.82) is 0 Å². The van der Waals surface area contributed by atoms with Crippen molar-refractivity contribution >= 4 is 22.1 Å². The Hall–Kier alpha value is -2.58. The lowest BCUT2D eigenvalue weighted by Gasteiger charge is -2.05. The number of pyridine rings is 1. The minimum atomic E-state index is -3.98. The zero-order valence-electron chi connectivity index (χ0n) is 10.8. The Kier molecular flexibility index (Phi) is 4.41. The van der Waals surface area contributed by atoms with E-state index in [1.807, 2.05) is 0 Å². The zero-order chi connectivity index (χ0) is 15.3. The van der Waals surface area contributed by atoms with Gasteiger partial charge in [-0.05, 0) is 24.3 Å². The minimum Gasteiger partial charge on any atom is -0.267 e. The number of carbonyl (C=O) groups is 1. The van der Waals surface area contributed by atoms with E-state index in [1.165, 1.54) is 30.5 Å². The number of sulfonamides is 1. The second-order valence-corrected chi connectivity index (χ2v) is 5.52. The van der Waals surface area contributed by atoms with Gasteiger partial charge in [0.15, 0.2) is 0 Å². The van der Waals surface area contributed by atoms with Gasteiger partial charge < -0.3 is 0 Å². The number of hydrogen-bond acceptors (Lipinski definition) is 5. The van der Waals surface area contributed by atoms with Crippen LogP contribution in [0.4, 0.5) is 0 Å². The molecule has 1 amide bonds. The summed E-state index contributed by atoms with van der Waals surface area (Å²) in [5, 5.41) is 8.78. The molecule has 3 N–H and O–H groups in total. The molecule has 21 heavy (non-hydrogen) atoms. The maximum Gasteiger partial charge on any atom is 0.272 e. The first-order valence-electron chi connectivity index (χ1n) is 5.85. The first-order chi connectivity index (χ1) is 9.98. The molecule has 0 spiro atoms. The normalized spacial score (nSPS) is 11.5. The van der Waals surface area contributed by atoms with Crippen LogP contribution in [0, 0.1) is 0 Å². The first-order valence-corrected chi connectivity index (χ1v) is 7.39. The summed E-state index contributed by atoms with van der Waals surface area (Å²) >= 11 is 0. The number of amides is 1. The lowest BCUT2D eigenvalue weighted by Crippen LogP contribution is -2.23. The molecular formula is C13H12N4O3S. The molecule has 0 saturated heterocycles. The highest BCUT2D eigenvalue weighted by molar-refractivity contribution is 7.89. The second-order valence-electron chi connectivity index (χ2n) is 3.99. The fourth-order valence-electron chi connectivity index (χ4n) is 1.57. The van der Waals surface area contributed by atoms with Gasteiger partial charge in [0.05, 0.1) is 22.4 Å². The van der Waals surface area contributed by atoms with Gasteiger partial charge >= 0.3 is 0 Å². The quantitative estimate of drug-likeness (QED) is 0.632. The number of primary sulfonamides is 1. The number of nitrogens with one attached hydrogen (secondary N) is 1. The molecule has 0 radical (unpaired) electrons. The SMILES string of the molecule is NS(=O)(=O)c1ccccc1C(=O)N/N=C/c1ccccn1. The van der Waals surface area contributed by atoms with Gasteiger partial charge in [-0.3, -0.25) is 9.78 Å². The Morgan fingerprint density at radius 2 is 1.90 bits per heavy atom. The van der Waals surface area contributed by atoms with Gasteiger partial charge in [-0.2, -0.15) is 5.10 Å². The van der Waals surface area contributed by atoms with Gasteiger partial charge in [0.1, 0.15) is 0 Å². The molecule has 0 bridgehead atoms. The van der Waals surface area contributed by atoms with Gasteiger partial charge in [0.25, 0.3) is 5.91 Å². The van der Waals surface area contributed by atoms with Crippen molar-refractivity contribution in [3.63, 3.8) is 0 Å². The number of hydrazone groups is 1. The van der Waals surface area contributed by atoms with Crippen molar-refractivity contribution in [2.45, 2.75) is 4.90 Å². The summed E-state index contributed by atoms with van der Waals surface area (Å²) in [5.74, 6) is -0.674. The minimum absolute atomic E-state index is 0.0711. The highest BCUT2D eigenvalue weighted by atomic mass is 32.2. The first kappa shape index (κ1) is 14.8. The van der Waals surface area contributed by atoms with Gasteiger partial charge in [0.2, 0.25) is 10.0 Å². The van der Waals surface area contributed by atoms with Crippen molar-refractivity contribution in [2.24, 2.45) is 10.2 Å². The van der Waals surface area contributed by atoms with Crippen molar-refractivity contribution in [2.75, 3.05) is 0 Å². The zero-order valence-corrected chi connectivity index (χ0v) is 11.6. The third-order valence-electron chi connectivity index (χ3n) is 2.49. The summed E-state index contributed by atoms with van der Waals surface area (Å²) in [5.41, 5.74) is 2.71. The molecule has 0 aliphatic heterocycles. The Bertz CT molecular complexity index is 773. The molecule has 0 unspecified atom stereocenters. The van der Waals surface area contributed by atoms with Crippen LogP contribution in [0.5, 0.6) is 0 Å². The largest absolute Gasteiger partial charge is 0.272 e. The van der Waals surface area contributed by atoms with E-state index in [9.17, 15) is 13.2 Å². The Labute approximate surface area is 121 Å². The van der Waals surface area contributed by atoms with E-state index in [0.717, 1.165) is 0 Å². The number of carbonyl (C=O) groups excluding carboxylic acids is 1. The Morgan fingerprint density at radius 3 is 2.57 bits per heavy atom. The fourth-order valence-corrected chi connectivity index (χ4v) is 2.31. The molecule has 0 fully saturated rings. The van der Waals surface area contributed by atoms with Crippen LogP contribution in [-0.2, 0) is 10.0 Å². The molecule has 108 valence electrons. The maximum atomic E-state index is 11.9. The molecule has 8 heteroatoms. The molecular weight excluding hydrogens is 292 g/mol. The Balaban J connectivity index is 2.17. The molecule has 1 heterocycles. The van der Waals surface area contributed by atoms with Crippen LogP contribution in [0.25, 0.3) is 0 Å². The van der Waals surface area contributed by atoms with E-state index in [0.29, 0.717) is 5.69 Å². The van der Waals surface area contributed by atoms with Crippen molar-refractivity contribution < 1.29 is 13.2 Å². The molecule has 0 saturated carbocycles. The molecule has 2 aromatic rings. The monoisotopic (exact) mass is 304 g/mol. The molecule has 0 aliphatic carbocycles. The van der Waals surface area contributed by atoms with Crippen LogP contribution in [0.15, 0.2) is 58.7 Å². The molecule has 1 aromatic carbocycles. The predicted molar refractivity (Wildman–Crippen MR) is 77.1 cm³/mol. The standard InChI is InChI=1S/C13H12N4O3S/c14-21(19,20)12-7-2-1-6-11(12)13(18)17-16-9-10-5-3-4-8-15-10/h1-9H,(H,17,18)(H2,14,19,20)/b16-9+. The molecule has 2 rings (SSSR count). The number of rotatable bonds is 4. The summed E-state index contributed by atoms with van der Waals surface area (Å²) in [6.45, 7) is 0. The summed E-state index contributed by atoms with van der Waals surface area (Å²) in [4.78, 5) is 15.7. The number of hydrogen-bond donors (Lipinski definition) is 2. The van der Waals surface area contributed by atoms with E-state index in [2.05, 4.69) is 15.5 Å². The second kappa shape index (κ2) is 6.25. The number of aromatic nitrogens is 1. The summed E-state index contributed by atoms with van der Waals surface area (Å²) in [6.07, 6.45) is 2.93. The molecule has 1 aromatic heterocycles. The van der Waals surface area contributed by atoms with Crippen LogP contribution in [0.3, 0.4) is 0 Å². The lowest BCUT2D eigenvalue weighted by molar-refractivity contribution is 0.0952. The number of nitrogens with zero attached hydrogens (tertiary/aromatic N) is 2. The molecule has 7 nitrogen and oxygen atoms in total. The highest BCUT2D eigenvalue weighted by Gasteiger charge is 2.18. The average Bonchev–Trinajstić information content (AvgIpc) is 2.47. The van der Waals surface area contributed by atoms with E-state index < -0.39 is 15.9 Å². The fraction of sp³-hybridized carbons (Fsp3) is 0. The van der Waals surface area contributed by atoms with Crippen LogP contribution >= 0.6 is 0 Å². The highest BCUT2D eigenvalue weighted by Crippen LogP contribution is 2.13. The Morgan fingerprint density at radius 1 is 1.19 bits per heavy atom. The van der Waals surface area contributed by atoms with Gasteiger partial charge in [0, 0.05) is 6.20 Å². The van der Waals surface area contributed by atoms with Gasteiger partial charge in [-0.15, -0.1) is 0 Å². The van der Waals surface area contributed by atoms with Crippen LogP contribution in [-0.4, -0.2) is 25.5 Å². The van der Waals surface area contributed by atoms with Crippen molar-refractivity contribution in [3.05, 3.63) is 59.9 Å². The van der Waals surface area contributed by atoms with E-state index in [4.69, 9.17) is 5.14 Å². The molecule has 0 aliphatic rings. The number of benzene rings is 1. The molecule has 0 atom stereocenters. The maximum absolute atomic E-state index is 11.9. The third kappa shape index (κ3) is 3.94. The van der Waals surface area contributed by atoms with Crippen LogP contribution in [0.1, 0.15) is 16.1 Å². The van der Waals surface area contributed by atoms with Gasteiger partial charge in [-0.1, -0.05) is 18.2 Å². The predicted octanol–water partition coefficient (Wildman–Crippen LogP) is 0.493. The number of nitrogens with two attached hydrogens (primary N) is 1. The lowest BCUT2D eigenvalue weighted by atomic mass is 10.2. The van der Waals surface area contributed by atoms with E-state index >= 15 is 0 Å². The van der Waals surface area contributed by atoms with E-state index in [1.54, 1.807) is 24.4 Å².